The first-order chi connectivity index (χ1) is 8.29. The first kappa shape index (κ1) is 16.0. The summed E-state index contributed by atoms with van der Waals surface area (Å²) >= 11 is 0. The molecule has 2 heteroatoms. The zero-order chi connectivity index (χ0) is 13.9. The van der Waals surface area contributed by atoms with Gasteiger partial charge in [0.15, 0.2) is 0 Å². The number of nitrogens with zero attached hydrogens (tertiary/aromatic N) is 1. The highest BCUT2D eigenvalue weighted by molar-refractivity contribution is 4.98. The molecule has 0 aromatic rings. The number of rotatable bonds is 5. The molecule has 0 saturated heterocycles. The Labute approximate surface area is 115 Å². The van der Waals surface area contributed by atoms with Crippen LogP contribution in [-0.4, -0.2) is 36.6 Å². The monoisotopic (exact) mass is 254 g/mol. The molecule has 1 aliphatic carbocycles. The van der Waals surface area contributed by atoms with Crippen LogP contribution in [0.1, 0.15) is 60.8 Å². The Balaban J connectivity index is 2.87. The topological polar surface area (TPSA) is 15.3 Å². The fraction of sp³-hybridized carbons (Fsp3) is 1.00. The van der Waals surface area contributed by atoms with Gasteiger partial charge in [-0.3, -0.25) is 4.90 Å². The summed E-state index contributed by atoms with van der Waals surface area (Å²) in [4.78, 5) is 2.73. The van der Waals surface area contributed by atoms with Gasteiger partial charge in [0, 0.05) is 24.7 Å². The van der Waals surface area contributed by atoms with Crippen LogP contribution in [0.3, 0.4) is 0 Å². The van der Waals surface area contributed by atoms with Crippen molar-refractivity contribution in [1.82, 2.24) is 10.2 Å². The number of likely N-dealkylation sites (N-methyl/N-ethyl adjacent to an activating group) is 1. The van der Waals surface area contributed by atoms with Crippen molar-refractivity contribution in [2.75, 3.05) is 13.6 Å². The number of nitrogens with one attached hydrogen (secondary N) is 1. The summed E-state index contributed by atoms with van der Waals surface area (Å²) in [7, 11) is 2.14. The van der Waals surface area contributed by atoms with Crippen molar-refractivity contribution >= 4 is 0 Å². The minimum absolute atomic E-state index is 0.418. The van der Waals surface area contributed by atoms with Crippen LogP contribution in [-0.2, 0) is 0 Å². The van der Waals surface area contributed by atoms with Crippen molar-refractivity contribution in [3.63, 3.8) is 0 Å². The van der Waals surface area contributed by atoms with Crippen LogP contribution < -0.4 is 5.32 Å². The fourth-order valence-corrected chi connectivity index (χ4v) is 3.70. The van der Waals surface area contributed by atoms with E-state index in [0.717, 1.165) is 5.92 Å². The SMILES string of the molecule is CNC1C(N(CC(C)C)C(C)C)CCCC1(C)C. The smallest absolute Gasteiger partial charge is 0.0271 e. The van der Waals surface area contributed by atoms with Gasteiger partial charge in [0.1, 0.15) is 0 Å². The van der Waals surface area contributed by atoms with Crippen LogP contribution in [0.4, 0.5) is 0 Å². The summed E-state index contributed by atoms with van der Waals surface area (Å²) in [6, 6.07) is 1.95. The van der Waals surface area contributed by atoms with Gasteiger partial charge in [-0.25, -0.2) is 0 Å². The lowest BCUT2D eigenvalue weighted by molar-refractivity contribution is 0.0273. The third-order valence-corrected chi connectivity index (χ3v) is 4.52. The first-order valence-corrected chi connectivity index (χ1v) is 7.72. The van der Waals surface area contributed by atoms with Crippen molar-refractivity contribution in [2.24, 2.45) is 11.3 Å². The molecule has 1 N–H and O–H groups in total. The summed E-state index contributed by atoms with van der Waals surface area (Å²) in [6.07, 6.45) is 4.07. The highest BCUT2D eigenvalue weighted by Gasteiger charge is 2.41. The summed E-state index contributed by atoms with van der Waals surface area (Å²) in [6.45, 7) is 15.4. The van der Waals surface area contributed by atoms with E-state index in [1.807, 2.05) is 0 Å². The second-order valence-corrected chi connectivity index (χ2v) is 7.40. The van der Waals surface area contributed by atoms with Gasteiger partial charge in [-0.05, 0) is 45.1 Å². The molecule has 1 saturated carbocycles. The maximum absolute atomic E-state index is 3.61. The predicted molar refractivity (Wildman–Crippen MR) is 80.9 cm³/mol. The summed E-state index contributed by atoms with van der Waals surface area (Å²) in [5, 5.41) is 3.61. The van der Waals surface area contributed by atoms with Crippen LogP contribution in [0.25, 0.3) is 0 Å². The number of hydrogen-bond acceptors (Lipinski definition) is 2. The second kappa shape index (κ2) is 6.38. The van der Waals surface area contributed by atoms with Crippen molar-refractivity contribution < 1.29 is 0 Å². The molecule has 1 fully saturated rings. The lowest BCUT2D eigenvalue weighted by atomic mass is 9.70. The van der Waals surface area contributed by atoms with E-state index in [9.17, 15) is 0 Å². The van der Waals surface area contributed by atoms with Crippen LogP contribution in [0.2, 0.25) is 0 Å². The molecule has 0 spiro atoms. The van der Waals surface area contributed by atoms with Crippen molar-refractivity contribution in [3.8, 4) is 0 Å². The van der Waals surface area contributed by atoms with Gasteiger partial charge >= 0.3 is 0 Å². The molecule has 0 amide bonds. The molecule has 0 aromatic carbocycles. The number of hydrogen-bond donors (Lipinski definition) is 1. The van der Waals surface area contributed by atoms with Crippen LogP contribution in [0.15, 0.2) is 0 Å². The Hall–Kier alpha value is -0.0800. The Bertz CT molecular complexity index is 245. The molecule has 0 aliphatic heterocycles. The zero-order valence-electron chi connectivity index (χ0n) is 13.6. The highest BCUT2D eigenvalue weighted by Crippen LogP contribution is 2.38. The van der Waals surface area contributed by atoms with Gasteiger partial charge in [-0.1, -0.05) is 34.1 Å². The van der Waals surface area contributed by atoms with E-state index in [4.69, 9.17) is 0 Å². The lowest BCUT2D eigenvalue weighted by Crippen LogP contribution is -2.60. The van der Waals surface area contributed by atoms with Gasteiger partial charge in [0.05, 0.1) is 0 Å². The van der Waals surface area contributed by atoms with Crippen molar-refractivity contribution in [1.29, 1.82) is 0 Å². The normalized spacial score (nSPS) is 28.3. The molecular weight excluding hydrogens is 220 g/mol. The van der Waals surface area contributed by atoms with Crippen LogP contribution in [0.5, 0.6) is 0 Å². The average Bonchev–Trinajstić information content (AvgIpc) is 2.23. The van der Waals surface area contributed by atoms with Gasteiger partial charge in [0.2, 0.25) is 0 Å². The molecule has 108 valence electrons. The maximum Gasteiger partial charge on any atom is 0.0271 e. The quantitative estimate of drug-likeness (QED) is 0.807. The molecular formula is C16H34N2. The van der Waals surface area contributed by atoms with E-state index in [1.54, 1.807) is 0 Å². The second-order valence-electron chi connectivity index (χ2n) is 7.40. The van der Waals surface area contributed by atoms with Crippen LogP contribution >= 0.6 is 0 Å². The largest absolute Gasteiger partial charge is 0.315 e. The van der Waals surface area contributed by atoms with Gasteiger partial charge < -0.3 is 5.32 Å². The fourth-order valence-electron chi connectivity index (χ4n) is 3.70. The van der Waals surface area contributed by atoms with Crippen molar-refractivity contribution in [3.05, 3.63) is 0 Å². The molecule has 0 radical (unpaired) electrons. The predicted octanol–water partition coefficient (Wildman–Crippen LogP) is 3.52. The van der Waals surface area contributed by atoms with Crippen LogP contribution in [0, 0.1) is 11.3 Å². The molecule has 1 rings (SSSR count). The summed E-state index contributed by atoms with van der Waals surface area (Å²) in [5.41, 5.74) is 0.418. The third-order valence-electron chi connectivity index (χ3n) is 4.52. The summed E-state index contributed by atoms with van der Waals surface area (Å²) in [5.74, 6) is 0.745. The van der Waals surface area contributed by atoms with E-state index in [-0.39, 0.29) is 0 Å². The molecule has 0 bridgehead atoms. The molecule has 0 heterocycles. The molecule has 18 heavy (non-hydrogen) atoms. The zero-order valence-corrected chi connectivity index (χ0v) is 13.6. The molecule has 2 atom stereocenters. The molecule has 2 nitrogen and oxygen atoms in total. The van der Waals surface area contributed by atoms with E-state index in [2.05, 4.69) is 58.8 Å². The minimum atomic E-state index is 0.418. The lowest BCUT2D eigenvalue weighted by Gasteiger charge is -2.50. The van der Waals surface area contributed by atoms with Gasteiger partial charge in [0.25, 0.3) is 0 Å². The van der Waals surface area contributed by atoms with E-state index in [0.29, 0.717) is 23.5 Å². The standard InChI is InChI=1S/C16H34N2/c1-12(2)11-18(13(3)4)14-9-8-10-16(5,6)15(14)17-7/h12-15,17H,8-11H2,1-7H3. The molecule has 2 unspecified atom stereocenters. The van der Waals surface area contributed by atoms with Crippen molar-refractivity contribution in [2.45, 2.75) is 78.9 Å². The summed E-state index contributed by atoms with van der Waals surface area (Å²) < 4.78 is 0. The Morgan fingerprint density at radius 1 is 1.22 bits per heavy atom. The Morgan fingerprint density at radius 3 is 2.28 bits per heavy atom. The first-order valence-electron chi connectivity index (χ1n) is 7.72. The van der Waals surface area contributed by atoms with Gasteiger partial charge in [-0.15, -0.1) is 0 Å². The average molecular weight is 254 g/mol. The Kier molecular flexibility index (Phi) is 5.67. The molecule has 0 aromatic heterocycles. The van der Waals surface area contributed by atoms with E-state index in [1.165, 1.54) is 25.8 Å². The van der Waals surface area contributed by atoms with Gasteiger partial charge in [-0.2, -0.15) is 0 Å². The highest BCUT2D eigenvalue weighted by atomic mass is 15.2. The van der Waals surface area contributed by atoms with E-state index >= 15 is 0 Å². The minimum Gasteiger partial charge on any atom is -0.315 e. The Morgan fingerprint density at radius 2 is 1.83 bits per heavy atom. The van der Waals surface area contributed by atoms with E-state index < -0.39 is 0 Å². The third kappa shape index (κ3) is 3.71. The maximum atomic E-state index is 3.61. The molecule has 1 aliphatic rings.